The Morgan fingerprint density at radius 3 is 1.93 bits per heavy atom. The third-order valence-electron chi connectivity index (χ3n) is 1.90. The van der Waals surface area contributed by atoms with Gasteiger partial charge in [-0.2, -0.15) is 0 Å². The number of carbonyl (C=O) groups is 2. The maximum Gasteiger partial charge on any atom is 0.237 e. The Kier molecular flexibility index (Phi) is 4.26. The van der Waals surface area contributed by atoms with Crippen LogP contribution in [0.3, 0.4) is 0 Å². The predicted octanol–water partition coefficient (Wildman–Crippen LogP) is 0.453. The lowest BCUT2D eigenvalue weighted by atomic mass is 9.87. The molecule has 3 N–H and O–H groups in total. The van der Waals surface area contributed by atoms with Crippen molar-refractivity contribution in [2.75, 3.05) is 0 Å². The first-order valence-electron chi connectivity index (χ1n) is 4.76. The molecule has 0 aromatic heterocycles. The molecule has 0 fully saturated rings. The van der Waals surface area contributed by atoms with E-state index in [1.165, 1.54) is 0 Å². The van der Waals surface area contributed by atoms with Gasteiger partial charge in [-0.05, 0) is 13.8 Å². The maximum absolute atomic E-state index is 11.7. The van der Waals surface area contributed by atoms with E-state index in [2.05, 4.69) is 5.32 Å². The number of hydrogen-bond donors (Lipinski definition) is 2. The Morgan fingerprint density at radius 2 is 1.64 bits per heavy atom. The standard InChI is InChI=1S/C10H20N2O2/c1-6(11)9(14)12-7(2)8(13)10(3,4)5/h6-7H,11H2,1-5H3,(H,12,14)/t6-,7-/m0/s1. The molecule has 2 atom stereocenters. The number of amides is 1. The summed E-state index contributed by atoms with van der Waals surface area (Å²) in [5.41, 5.74) is 4.93. The van der Waals surface area contributed by atoms with Crippen LogP contribution in [0.5, 0.6) is 0 Å². The van der Waals surface area contributed by atoms with Crippen molar-refractivity contribution >= 4 is 11.7 Å². The Morgan fingerprint density at radius 1 is 1.21 bits per heavy atom. The molecule has 4 heteroatoms. The first-order chi connectivity index (χ1) is 6.16. The van der Waals surface area contributed by atoms with Gasteiger partial charge in [-0.3, -0.25) is 9.59 Å². The van der Waals surface area contributed by atoms with Crippen molar-refractivity contribution in [3.8, 4) is 0 Å². The highest BCUT2D eigenvalue weighted by molar-refractivity contribution is 5.93. The van der Waals surface area contributed by atoms with Crippen LogP contribution in [0, 0.1) is 5.41 Å². The van der Waals surface area contributed by atoms with Gasteiger partial charge in [0.15, 0.2) is 5.78 Å². The molecule has 0 spiro atoms. The van der Waals surface area contributed by atoms with Crippen LogP contribution in [-0.2, 0) is 9.59 Å². The molecular weight excluding hydrogens is 180 g/mol. The second kappa shape index (κ2) is 4.55. The van der Waals surface area contributed by atoms with E-state index >= 15 is 0 Å². The highest BCUT2D eigenvalue weighted by Crippen LogP contribution is 2.16. The Labute approximate surface area is 85.2 Å². The van der Waals surface area contributed by atoms with Gasteiger partial charge in [-0.15, -0.1) is 0 Å². The van der Waals surface area contributed by atoms with Crippen LogP contribution in [0.4, 0.5) is 0 Å². The number of carbonyl (C=O) groups excluding carboxylic acids is 2. The van der Waals surface area contributed by atoms with Crippen LogP contribution in [-0.4, -0.2) is 23.8 Å². The molecule has 0 aliphatic rings. The quantitative estimate of drug-likeness (QED) is 0.695. The molecule has 0 aromatic rings. The topological polar surface area (TPSA) is 72.2 Å². The van der Waals surface area contributed by atoms with Crippen LogP contribution < -0.4 is 11.1 Å². The Balaban J connectivity index is 4.30. The fourth-order valence-corrected chi connectivity index (χ4v) is 1.06. The fraction of sp³-hybridized carbons (Fsp3) is 0.800. The summed E-state index contributed by atoms with van der Waals surface area (Å²) in [6.07, 6.45) is 0. The smallest absolute Gasteiger partial charge is 0.237 e. The van der Waals surface area contributed by atoms with Gasteiger partial charge in [0.25, 0.3) is 0 Å². The zero-order chi connectivity index (χ0) is 11.5. The number of nitrogens with two attached hydrogens (primary N) is 1. The molecule has 0 aliphatic heterocycles. The van der Waals surface area contributed by atoms with E-state index in [1.807, 2.05) is 20.8 Å². The SMILES string of the molecule is C[C@H](N)C(=O)N[C@@H](C)C(=O)C(C)(C)C. The summed E-state index contributed by atoms with van der Waals surface area (Å²) in [6.45, 7) is 8.73. The minimum absolute atomic E-state index is 0.00602. The van der Waals surface area contributed by atoms with Crippen molar-refractivity contribution < 1.29 is 9.59 Å². The fourth-order valence-electron chi connectivity index (χ4n) is 1.06. The van der Waals surface area contributed by atoms with Crippen LogP contribution in [0.25, 0.3) is 0 Å². The predicted molar refractivity (Wildman–Crippen MR) is 55.7 cm³/mol. The monoisotopic (exact) mass is 200 g/mol. The number of nitrogens with one attached hydrogen (secondary N) is 1. The van der Waals surface area contributed by atoms with Crippen molar-refractivity contribution in [3.63, 3.8) is 0 Å². The van der Waals surface area contributed by atoms with E-state index in [1.54, 1.807) is 13.8 Å². The molecule has 0 unspecified atom stereocenters. The van der Waals surface area contributed by atoms with Gasteiger partial charge in [0.2, 0.25) is 5.91 Å². The number of Topliss-reactive ketones (excluding diaryl/α,β-unsaturated/α-hetero) is 1. The van der Waals surface area contributed by atoms with Crippen molar-refractivity contribution in [3.05, 3.63) is 0 Å². The normalized spacial score (nSPS) is 15.9. The number of hydrogen-bond acceptors (Lipinski definition) is 3. The Hall–Kier alpha value is -0.900. The van der Waals surface area contributed by atoms with E-state index in [4.69, 9.17) is 5.73 Å². The first-order valence-corrected chi connectivity index (χ1v) is 4.76. The third-order valence-corrected chi connectivity index (χ3v) is 1.90. The molecule has 0 aromatic carbocycles. The van der Waals surface area contributed by atoms with E-state index in [0.717, 1.165) is 0 Å². The molecule has 82 valence electrons. The van der Waals surface area contributed by atoms with Gasteiger partial charge in [-0.1, -0.05) is 20.8 Å². The molecule has 0 aliphatic carbocycles. The lowest BCUT2D eigenvalue weighted by molar-refractivity contribution is -0.132. The van der Waals surface area contributed by atoms with Crippen LogP contribution in [0.1, 0.15) is 34.6 Å². The average molecular weight is 200 g/mol. The molecule has 1 amide bonds. The zero-order valence-electron chi connectivity index (χ0n) is 9.55. The largest absolute Gasteiger partial charge is 0.345 e. The summed E-state index contributed by atoms with van der Waals surface area (Å²) in [5.74, 6) is -0.290. The van der Waals surface area contributed by atoms with Crippen LogP contribution >= 0.6 is 0 Å². The molecule has 0 heterocycles. The van der Waals surface area contributed by atoms with Gasteiger partial charge in [0.1, 0.15) is 0 Å². The molecule has 0 saturated heterocycles. The molecule has 14 heavy (non-hydrogen) atoms. The molecule has 0 rings (SSSR count). The molecule has 0 saturated carbocycles. The molecular formula is C10H20N2O2. The molecule has 0 radical (unpaired) electrons. The number of rotatable bonds is 3. The maximum atomic E-state index is 11.7. The van der Waals surface area contributed by atoms with Gasteiger partial charge < -0.3 is 11.1 Å². The third kappa shape index (κ3) is 3.87. The van der Waals surface area contributed by atoms with Gasteiger partial charge >= 0.3 is 0 Å². The summed E-state index contributed by atoms with van der Waals surface area (Å²) < 4.78 is 0. The highest BCUT2D eigenvalue weighted by atomic mass is 16.2. The average Bonchev–Trinajstić information content (AvgIpc) is 2.00. The Bertz CT molecular complexity index is 229. The number of ketones is 1. The van der Waals surface area contributed by atoms with Crippen LogP contribution in [0.15, 0.2) is 0 Å². The van der Waals surface area contributed by atoms with E-state index in [9.17, 15) is 9.59 Å². The summed E-state index contributed by atoms with van der Waals surface area (Å²) in [7, 11) is 0. The lowest BCUT2D eigenvalue weighted by Gasteiger charge is -2.23. The van der Waals surface area contributed by atoms with Crippen molar-refractivity contribution in [2.24, 2.45) is 11.1 Å². The van der Waals surface area contributed by atoms with E-state index in [0.29, 0.717) is 0 Å². The lowest BCUT2D eigenvalue weighted by Crippen LogP contribution is -2.48. The zero-order valence-corrected chi connectivity index (χ0v) is 9.55. The van der Waals surface area contributed by atoms with Crippen molar-refractivity contribution in [1.29, 1.82) is 0 Å². The van der Waals surface area contributed by atoms with Crippen molar-refractivity contribution in [1.82, 2.24) is 5.32 Å². The summed E-state index contributed by atoms with van der Waals surface area (Å²) >= 11 is 0. The molecule has 4 nitrogen and oxygen atoms in total. The second-order valence-electron chi connectivity index (χ2n) is 4.63. The van der Waals surface area contributed by atoms with E-state index in [-0.39, 0.29) is 11.7 Å². The van der Waals surface area contributed by atoms with E-state index < -0.39 is 17.5 Å². The highest BCUT2D eigenvalue weighted by Gasteiger charge is 2.27. The minimum atomic E-state index is -0.579. The first kappa shape index (κ1) is 13.1. The minimum Gasteiger partial charge on any atom is -0.345 e. The van der Waals surface area contributed by atoms with Gasteiger partial charge in [0, 0.05) is 5.41 Å². The second-order valence-corrected chi connectivity index (χ2v) is 4.63. The van der Waals surface area contributed by atoms with Gasteiger partial charge in [-0.25, -0.2) is 0 Å². The summed E-state index contributed by atoms with van der Waals surface area (Å²) in [4.78, 5) is 22.9. The molecule has 0 bridgehead atoms. The van der Waals surface area contributed by atoms with Crippen molar-refractivity contribution in [2.45, 2.75) is 46.7 Å². The van der Waals surface area contributed by atoms with Gasteiger partial charge in [0.05, 0.1) is 12.1 Å². The summed E-state index contributed by atoms with van der Waals surface area (Å²) in [6, 6.07) is -1.06. The summed E-state index contributed by atoms with van der Waals surface area (Å²) in [5, 5.41) is 2.57. The van der Waals surface area contributed by atoms with Crippen LogP contribution in [0.2, 0.25) is 0 Å².